The highest BCUT2D eigenvalue weighted by Gasteiger charge is 2.12. The van der Waals surface area contributed by atoms with Gasteiger partial charge in [-0.15, -0.1) is 5.10 Å². The molecule has 2 rings (SSSR count). The average molecular weight is 274 g/mol. The average Bonchev–Trinajstić information content (AvgIpc) is 2.41. The van der Waals surface area contributed by atoms with Crippen molar-refractivity contribution < 1.29 is 4.74 Å². The molecule has 5 nitrogen and oxygen atoms in total. The largest absolute Gasteiger partial charge is 0.435 e. The van der Waals surface area contributed by atoms with Crippen molar-refractivity contribution >= 4 is 17.2 Å². The molecule has 2 heterocycles. The summed E-state index contributed by atoms with van der Waals surface area (Å²) < 4.78 is 5.74. The standard InChI is InChI=1S/C13H14N4OS/c1-3-10-11(5-4-8(2)16-10)18-13-9(12(14)19)6-7-15-17-13/h4-7H,3H2,1-2H3,(H2,14,19). The Bertz CT molecular complexity index is 615. The smallest absolute Gasteiger partial charge is 0.249 e. The van der Waals surface area contributed by atoms with Crippen molar-refractivity contribution in [2.45, 2.75) is 20.3 Å². The fourth-order valence-electron chi connectivity index (χ4n) is 1.63. The summed E-state index contributed by atoms with van der Waals surface area (Å²) >= 11 is 4.96. The number of aromatic nitrogens is 3. The maximum absolute atomic E-state index is 5.74. The molecule has 0 bridgehead atoms. The first-order valence-electron chi connectivity index (χ1n) is 5.87. The van der Waals surface area contributed by atoms with Crippen LogP contribution in [0.25, 0.3) is 0 Å². The molecule has 0 saturated carbocycles. The highest BCUT2D eigenvalue weighted by atomic mass is 32.1. The summed E-state index contributed by atoms with van der Waals surface area (Å²) in [7, 11) is 0. The van der Waals surface area contributed by atoms with Crippen molar-refractivity contribution in [3.8, 4) is 11.6 Å². The molecule has 0 aromatic carbocycles. The highest BCUT2D eigenvalue weighted by Crippen LogP contribution is 2.25. The quantitative estimate of drug-likeness (QED) is 0.861. The molecule has 98 valence electrons. The third-order valence-electron chi connectivity index (χ3n) is 2.57. The van der Waals surface area contributed by atoms with E-state index < -0.39 is 0 Å². The molecule has 2 N–H and O–H groups in total. The molecule has 0 amide bonds. The summed E-state index contributed by atoms with van der Waals surface area (Å²) in [6.45, 7) is 3.95. The first kappa shape index (κ1) is 13.4. The third kappa shape index (κ3) is 3.03. The van der Waals surface area contributed by atoms with Gasteiger partial charge in [-0.3, -0.25) is 4.98 Å². The number of hydrogen-bond donors (Lipinski definition) is 1. The van der Waals surface area contributed by atoms with Gasteiger partial charge in [-0.25, -0.2) is 0 Å². The van der Waals surface area contributed by atoms with Gasteiger partial charge in [-0.2, -0.15) is 5.10 Å². The van der Waals surface area contributed by atoms with E-state index in [0.29, 0.717) is 17.2 Å². The van der Waals surface area contributed by atoms with Crippen LogP contribution in [0.4, 0.5) is 0 Å². The monoisotopic (exact) mass is 274 g/mol. The van der Waals surface area contributed by atoms with Crippen molar-refractivity contribution in [1.29, 1.82) is 0 Å². The van der Waals surface area contributed by atoms with Crippen LogP contribution >= 0.6 is 12.2 Å². The van der Waals surface area contributed by atoms with E-state index in [1.54, 1.807) is 6.07 Å². The fraction of sp³-hybridized carbons (Fsp3) is 0.231. The molecule has 0 unspecified atom stereocenters. The van der Waals surface area contributed by atoms with E-state index >= 15 is 0 Å². The van der Waals surface area contributed by atoms with E-state index in [1.165, 1.54) is 6.20 Å². The zero-order chi connectivity index (χ0) is 13.8. The van der Waals surface area contributed by atoms with Crippen LogP contribution in [0.5, 0.6) is 11.6 Å². The lowest BCUT2D eigenvalue weighted by Crippen LogP contribution is -2.12. The van der Waals surface area contributed by atoms with Crippen molar-refractivity contribution in [2.24, 2.45) is 5.73 Å². The second-order valence-corrected chi connectivity index (χ2v) is 4.41. The van der Waals surface area contributed by atoms with Crippen LogP contribution in [0.2, 0.25) is 0 Å². The number of rotatable bonds is 4. The Balaban J connectivity index is 2.39. The second-order valence-electron chi connectivity index (χ2n) is 3.97. The zero-order valence-corrected chi connectivity index (χ0v) is 11.6. The van der Waals surface area contributed by atoms with Gasteiger partial charge in [0.2, 0.25) is 5.88 Å². The number of nitrogens with two attached hydrogens (primary N) is 1. The fourth-order valence-corrected chi connectivity index (χ4v) is 1.79. The summed E-state index contributed by atoms with van der Waals surface area (Å²) in [6, 6.07) is 5.42. The van der Waals surface area contributed by atoms with Gasteiger partial charge >= 0.3 is 0 Å². The molecule has 0 aliphatic heterocycles. The molecule has 0 atom stereocenters. The van der Waals surface area contributed by atoms with E-state index in [9.17, 15) is 0 Å². The van der Waals surface area contributed by atoms with Crippen LogP contribution in [0.3, 0.4) is 0 Å². The molecule has 6 heteroatoms. The van der Waals surface area contributed by atoms with Crippen LogP contribution in [0.15, 0.2) is 24.4 Å². The third-order valence-corrected chi connectivity index (χ3v) is 2.79. The Hall–Kier alpha value is -2.08. The topological polar surface area (TPSA) is 73.9 Å². The van der Waals surface area contributed by atoms with E-state index in [2.05, 4.69) is 15.2 Å². The van der Waals surface area contributed by atoms with Crippen LogP contribution in [0.1, 0.15) is 23.9 Å². The first-order valence-corrected chi connectivity index (χ1v) is 6.28. The van der Waals surface area contributed by atoms with Gasteiger partial charge in [0.15, 0.2) is 5.75 Å². The van der Waals surface area contributed by atoms with Crippen molar-refractivity contribution in [1.82, 2.24) is 15.2 Å². The van der Waals surface area contributed by atoms with Crippen molar-refractivity contribution in [3.63, 3.8) is 0 Å². The molecular weight excluding hydrogens is 260 g/mol. The molecule has 0 aliphatic carbocycles. The maximum atomic E-state index is 5.74. The normalized spacial score (nSPS) is 10.2. The minimum Gasteiger partial charge on any atom is -0.435 e. The molecular formula is C13H14N4OS. The Kier molecular flexibility index (Phi) is 4.01. The van der Waals surface area contributed by atoms with Crippen molar-refractivity contribution in [3.05, 3.63) is 41.3 Å². The van der Waals surface area contributed by atoms with Crippen LogP contribution in [-0.4, -0.2) is 20.2 Å². The van der Waals surface area contributed by atoms with Gasteiger partial charge in [-0.1, -0.05) is 19.1 Å². The Morgan fingerprint density at radius 3 is 2.84 bits per heavy atom. The van der Waals surface area contributed by atoms with Crippen LogP contribution < -0.4 is 10.5 Å². The van der Waals surface area contributed by atoms with Crippen molar-refractivity contribution in [2.75, 3.05) is 0 Å². The van der Waals surface area contributed by atoms with E-state index in [4.69, 9.17) is 22.7 Å². The predicted molar refractivity (Wildman–Crippen MR) is 76.3 cm³/mol. The molecule has 0 fully saturated rings. The number of ether oxygens (including phenoxy) is 1. The van der Waals surface area contributed by atoms with Gasteiger partial charge < -0.3 is 10.5 Å². The SMILES string of the molecule is CCc1nc(C)ccc1Oc1nnccc1C(N)=S. The van der Waals surface area contributed by atoms with Gasteiger partial charge in [0, 0.05) is 5.69 Å². The minimum absolute atomic E-state index is 0.225. The molecule has 19 heavy (non-hydrogen) atoms. The van der Waals surface area contributed by atoms with E-state index in [0.717, 1.165) is 17.8 Å². The minimum atomic E-state index is 0.225. The molecule has 0 aliphatic rings. The molecule has 2 aromatic rings. The van der Waals surface area contributed by atoms with Gasteiger partial charge in [0.1, 0.15) is 4.99 Å². The number of pyridine rings is 1. The summed E-state index contributed by atoms with van der Waals surface area (Å²) in [4.78, 5) is 4.65. The lowest BCUT2D eigenvalue weighted by Gasteiger charge is -2.11. The van der Waals surface area contributed by atoms with E-state index in [1.807, 2.05) is 26.0 Å². The number of aryl methyl sites for hydroxylation is 2. The highest BCUT2D eigenvalue weighted by molar-refractivity contribution is 7.80. The predicted octanol–water partition coefficient (Wildman–Crippen LogP) is 2.17. The van der Waals surface area contributed by atoms with Crippen LogP contribution in [-0.2, 0) is 6.42 Å². The molecule has 0 saturated heterocycles. The zero-order valence-electron chi connectivity index (χ0n) is 10.8. The number of hydrogen-bond acceptors (Lipinski definition) is 5. The summed E-state index contributed by atoms with van der Waals surface area (Å²) in [6.07, 6.45) is 2.29. The molecule has 0 radical (unpaired) electrons. The van der Waals surface area contributed by atoms with E-state index in [-0.39, 0.29) is 4.99 Å². The summed E-state index contributed by atoms with van der Waals surface area (Å²) in [5, 5.41) is 7.71. The maximum Gasteiger partial charge on any atom is 0.249 e. The first-order chi connectivity index (χ1) is 9.11. The number of thiocarbonyl (C=S) groups is 1. The van der Waals surface area contributed by atoms with Gasteiger partial charge in [0.05, 0.1) is 17.5 Å². The summed E-state index contributed by atoms with van der Waals surface area (Å²) in [5.41, 5.74) is 8.00. The Labute approximate surface area is 116 Å². The summed E-state index contributed by atoms with van der Waals surface area (Å²) in [5.74, 6) is 0.946. The van der Waals surface area contributed by atoms with Gasteiger partial charge in [0.25, 0.3) is 0 Å². The lowest BCUT2D eigenvalue weighted by molar-refractivity contribution is 0.446. The Morgan fingerprint density at radius 2 is 2.16 bits per heavy atom. The number of nitrogens with zero attached hydrogens (tertiary/aromatic N) is 3. The molecule has 2 aromatic heterocycles. The van der Waals surface area contributed by atoms with Gasteiger partial charge in [-0.05, 0) is 31.5 Å². The Morgan fingerprint density at radius 1 is 1.37 bits per heavy atom. The molecule has 0 spiro atoms. The lowest BCUT2D eigenvalue weighted by atomic mass is 10.2. The van der Waals surface area contributed by atoms with Crippen LogP contribution in [0, 0.1) is 6.92 Å². The second kappa shape index (κ2) is 5.71.